The van der Waals surface area contributed by atoms with Gasteiger partial charge in [-0.05, 0) is 49.4 Å². The summed E-state index contributed by atoms with van der Waals surface area (Å²) < 4.78 is 62.5. The van der Waals surface area contributed by atoms with E-state index < -0.39 is 32.2 Å². The van der Waals surface area contributed by atoms with E-state index in [1.54, 1.807) is 66.4 Å². The first-order valence-electron chi connectivity index (χ1n) is 13.2. The molecule has 1 aliphatic heterocycles. The van der Waals surface area contributed by atoms with E-state index in [4.69, 9.17) is 4.74 Å². The summed E-state index contributed by atoms with van der Waals surface area (Å²) in [5.41, 5.74) is 0.685. The predicted molar refractivity (Wildman–Crippen MR) is 155 cm³/mol. The molecule has 4 rings (SSSR count). The maximum Gasteiger partial charge on any atom is 0.261 e. The van der Waals surface area contributed by atoms with Gasteiger partial charge >= 0.3 is 0 Å². The van der Waals surface area contributed by atoms with Crippen LogP contribution in [0.1, 0.15) is 19.4 Å². The van der Waals surface area contributed by atoms with Gasteiger partial charge in [-0.25, -0.2) is 16.8 Å². The quantitative estimate of drug-likeness (QED) is 0.385. The fourth-order valence-electron chi connectivity index (χ4n) is 4.65. The van der Waals surface area contributed by atoms with Crippen LogP contribution in [0.5, 0.6) is 5.75 Å². The van der Waals surface area contributed by atoms with Crippen molar-refractivity contribution in [2.75, 3.05) is 31.5 Å². The van der Waals surface area contributed by atoms with Crippen LogP contribution in [0.4, 0.5) is 5.69 Å². The van der Waals surface area contributed by atoms with Crippen LogP contribution in [0.25, 0.3) is 0 Å². The van der Waals surface area contributed by atoms with Crippen molar-refractivity contribution in [2.45, 2.75) is 42.2 Å². The van der Waals surface area contributed by atoms with Crippen molar-refractivity contribution < 1.29 is 31.5 Å². The number of anilines is 1. The molecule has 3 aromatic carbocycles. The highest BCUT2D eigenvalue weighted by Gasteiger charge is 2.33. The number of rotatable bonds is 9. The fraction of sp³-hybridized carbons (Fsp3) is 0.345. The van der Waals surface area contributed by atoms with Gasteiger partial charge in [0.05, 0.1) is 35.4 Å². The third-order valence-electron chi connectivity index (χ3n) is 7.11. The molecule has 0 fully saturated rings. The first-order valence-corrected chi connectivity index (χ1v) is 16.1. The Hall–Kier alpha value is -3.45. The second-order valence-corrected chi connectivity index (χ2v) is 14.0. The summed E-state index contributed by atoms with van der Waals surface area (Å²) in [6, 6.07) is 20.2. The number of benzene rings is 3. The third kappa shape index (κ3) is 7.07. The van der Waals surface area contributed by atoms with Crippen molar-refractivity contribution in [3.8, 4) is 5.75 Å². The van der Waals surface area contributed by atoms with Crippen LogP contribution >= 0.6 is 0 Å². The Bertz CT molecular complexity index is 1570. The van der Waals surface area contributed by atoms with Crippen LogP contribution in [0.2, 0.25) is 0 Å². The molecule has 3 aromatic rings. The van der Waals surface area contributed by atoms with Crippen LogP contribution in [0, 0.1) is 5.92 Å². The van der Waals surface area contributed by atoms with Gasteiger partial charge in [-0.1, -0.05) is 43.3 Å². The number of sulfonamides is 2. The van der Waals surface area contributed by atoms with Gasteiger partial charge in [0, 0.05) is 30.8 Å². The zero-order valence-electron chi connectivity index (χ0n) is 23.2. The van der Waals surface area contributed by atoms with Crippen LogP contribution < -0.4 is 9.46 Å². The highest BCUT2D eigenvalue weighted by atomic mass is 32.2. The van der Waals surface area contributed by atoms with E-state index in [1.807, 2.05) is 6.92 Å². The molecule has 220 valence electrons. The predicted octanol–water partition coefficient (Wildman–Crippen LogP) is 2.96. The monoisotopic (exact) mass is 601 g/mol. The number of hydrogen-bond acceptors (Lipinski definition) is 7. The SMILES string of the molecule is C[C@H]1CN([C@@H](C)CO)C(=O)Cc2cc(NS(=O)(=O)c3ccccc3)ccc2O[C@H]1CN(C)S(=O)(=O)c1ccccc1. The molecule has 3 atom stereocenters. The van der Waals surface area contributed by atoms with Crippen molar-refractivity contribution in [3.63, 3.8) is 0 Å². The molecule has 12 heteroatoms. The Balaban J connectivity index is 1.68. The van der Waals surface area contributed by atoms with Gasteiger partial charge in [0.15, 0.2) is 0 Å². The molecule has 41 heavy (non-hydrogen) atoms. The van der Waals surface area contributed by atoms with Crippen molar-refractivity contribution in [1.82, 2.24) is 9.21 Å². The van der Waals surface area contributed by atoms with Gasteiger partial charge in [-0.15, -0.1) is 0 Å². The Morgan fingerprint density at radius 1 is 1.00 bits per heavy atom. The van der Waals surface area contributed by atoms with Crippen LogP contribution in [-0.2, 0) is 31.3 Å². The molecule has 0 saturated carbocycles. The number of aliphatic hydroxyl groups is 1. The van der Waals surface area contributed by atoms with E-state index in [1.165, 1.54) is 35.6 Å². The standard InChI is InChI=1S/C29H35N3O7S2/c1-21-18-32(22(2)20-33)29(34)17-23-16-24(30-40(35,36)25-10-6-4-7-11-25)14-15-27(23)39-28(21)19-31(3)41(37,38)26-12-8-5-9-13-26/h4-16,21-22,28,30,33H,17-20H2,1-3H3/t21-,22-,28-/m0/s1. The smallest absolute Gasteiger partial charge is 0.261 e. The molecule has 10 nitrogen and oxygen atoms in total. The van der Waals surface area contributed by atoms with Gasteiger partial charge in [-0.3, -0.25) is 9.52 Å². The van der Waals surface area contributed by atoms with E-state index in [2.05, 4.69) is 4.72 Å². The highest BCUT2D eigenvalue weighted by molar-refractivity contribution is 7.92. The Morgan fingerprint density at radius 2 is 1.61 bits per heavy atom. The summed E-state index contributed by atoms with van der Waals surface area (Å²) in [6.07, 6.45) is -0.763. The molecular formula is C29H35N3O7S2. The van der Waals surface area contributed by atoms with E-state index in [0.717, 1.165) is 0 Å². The van der Waals surface area contributed by atoms with Crippen molar-refractivity contribution in [2.24, 2.45) is 5.92 Å². The van der Waals surface area contributed by atoms with Crippen LogP contribution in [0.15, 0.2) is 88.7 Å². The van der Waals surface area contributed by atoms with Crippen LogP contribution in [-0.4, -0.2) is 75.9 Å². The summed E-state index contributed by atoms with van der Waals surface area (Å²) >= 11 is 0. The number of nitrogens with one attached hydrogen (secondary N) is 1. The summed E-state index contributed by atoms with van der Waals surface area (Å²) in [6.45, 7) is 3.57. The molecule has 0 radical (unpaired) electrons. The van der Waals surface area contributed by atoms with Gasteiger partial charge < -0.3 is 14.7 Å². The first-order chi connectivity index (χ1) is 19.4. The van der Waals surface area contributed by atoms with Crippen molar-refractivity contribution in [3.05, 3.63) is 84.4 Å². The minimum atomic E-state index is -3.88. The molecule has 1 amide bonds. The molecule has 2 N–H and O–H groups in total. The van der Waals surface area contributed by atoms with Gasteiger partial charge in [0.25, 0.3) is 10.0 Å². The molecule has 0 bridgehead atoms. The topological polar surface area (TPSA) is 133 Å². The fourth-order valence-corrected chi connectivity index (χ4v) is 6.92. The Labute approximate surface area is 241 Å². The number of fused-ring (bicyclic) bond motifs is 1. The van der Waals surface area contributed by atoms with Gasteiger partial charge in [0.1, 0.15) is 11.9 Å². The number of carbonyl (C=O) groups is 1. The number of hydrogen-bond donors (Lipinski definition) is 2. The van der Waals surface area contributed by atoms with E-state index in [9.17, 15) is 26.7 Å². The molecule has 0 saturated heterocycles. The zero-order valence-corrected chi connectivity index (χ0v) is 24.8. The number of likely N-dealkylation sites (N-methyl/N-ethyl adjacent to an activating group) is 1. The normalized spacial score (nSPS) is 19.0. The van der Waals surface area contributed by atoms with Crippen molar-refractivity contribution >= 4 is 31.6 Å². The second-order valence-electron chi connectivity index (χ2n) is 10.2. The molecule has 1 heterocycles. The van der Waals surface area contributed by atoms with E-state index in [-0.39, 0.29) is 53.4 Å². The molecule has 0 spiro atoms. The summed E-state index contributed by atoms with van der Waals surface area (Å²) in [5.74, 6) is -0.234. The average Bonchev–Trinajstić information content (AvgIpc) is 3.00. The van der Waals surface area contributed by atoms with Crippen molar-refractivity contribution in [1.29, 1.82) is 0 Å². The number of nitrogens with zero attached hydrogens (tertiary/aromatic N) is 2. The molecule has 1 aliphatic rings. The lowest BCUT2D eigenvalue weighted by Crippen LogP contribution is -2.48. The summed E-state index contributed by atoms with van der Waals surface area (Å²) in [7, 11) is -6.21. The first kappa shape index (κ1) is 30.5. The lowest BCUT2D eigenvalue weighted by molar-refractivity contribution is -0.134. The Kier molecular flexibility index (Phi) is 9.37. The molecular weight excluding hydrogens is 566 g/mol. The highest BCUT2D eigenvalue weighted by Crippen LogP contribution is 2.30. The van der Waals surface area contributed by atoms with E-state index >= 15 is 0 Å². The minimum Gasteiger partial charge on any atom is -0.488 e. The van der Waals surface area contributed by atoms with Gasteiger partial charge in [-0.2, -0.15) is 4.31 Å². The maximum absolute atomic E-state index is 13.4. The minimum absolute atomic E-state index is 0.00421. The Morgan fingerprint density at radius 3 is 2.22 bits per heavy atom. The lowest BCUT2D eigenvalue weighted by atomic mass is 10.0. The maximum atomic E-state index is 13.4. The summed E-state index contributed by atoms with van der Waals surface area (Å²) in [5, 5.41) is 9.85. The number of carbonyl (C=O) groups excluding carboxylic acids is 1. The molecule has 0 unspecified atom stereocenters. The molecule has 0 aromatic heterocycles. The van der Waals surface area contributed by atoms with Crippen LogP contribution in [0.3, 0.4) is 0 Å². The summed E-state index contributed by atoms with van der Waals surface area (Å²) in [4.78, 5) is 15.2. The third-order valence-corrected chi connectivity index (χ3v) is 10.3. The number of ether oxygens (including phenoxy) is 1. The number of aliphatic hydroxyl groups excluding tert-OH is 1. The van der Waals surface area contributed by atoms with E-state index in [0.29, 0.717) is 11.3 Å². The van der Waals surface area contributed by atoms with Gasteiger partial charge in [0.2, 0.25) is 15.9 Å². The zero-order chi connectivity index (χ0) is 29.8. The second kappa shape index (κ2) is 12.6. The largest absolute Gasteiger partial charge is 0.488 e. The number of amides is 1. The lowest BCUT2D eigenvalue weighted by Gasteiger charge is -2.33. The average molecular weight is 602 g/mol. The molecule has 0 aliphatic carbocycles.